The fourth-order valence-electron chi connectivity index (χ4n) is 2.91. The number of nitrogens with zero attached hydrogens (tertiary/aromatic N) is 1. The van der Waals surface area contributed by atoms with Gasteiger partial charge in [-0.1, -0.05) is 18.6 Å². The minimum Gasteiger partial charge on any atom is -0.376 e. The second-order valence-electron chi connectivity index (χ2n) is 6.33. The van der Waals surface area contributed by atoms with Gasteiger partial charge in [-0.2, -0.15) is 13.2 Å². The number of benzene rings is 1. The van der Waals surface area contributed by atoms with E-state index < -0.39 is 22.8 Å². The zero-order chi connectivity index (χ0) is 17.4. The molecule has 1 saturated heterocycles. The molecule has 1 fully saturated rings. The number of halogens is 3. The third-order valence-corrected chi connectivity index (χ3v) is 6.25. The molecule has 3 nitrogen and oxygen atoms in total. The van der Waals surface area contributed by atoms with Crippen molar-refractivity contribution < 1.29 is 22.5 Å². The predicted molar refractivity (Wildman–Crippen MR) is 83.1 cm³/mol. The third-order valence-electron chi connectivity index (χ3n) is 4.47. The first-order valence-corrected chi connectivity index (χ1v) is 8.76. The molecular formula is C16H22F3NO2S. The minimum absolute atomic E-state index is 0.164. The first kappa shape index (κ1) is 18.4. The first-order chi connectivity index (χ1) is 10.6. The molecule has 4 unspecified atom stereocenters. The van der Waals surface area contributed by atoms with Crippen LogP contribution < -0.4 is 0 Å². The van der Waals surface area contributed by atoms with Crippen molar-refractivity contribution in [3.63, 3.8) is 0 Å². The maximum atomic E-state index is 12.9. The molecule has 0 saturated carbocycles. The van der Waals surface area contributed by atoms with E-state index in [0.717, 1.165) is 19.3 Å². The SMILES string of the molecule is CC1CCCC(C)N1S(=O)c1ccc(C(C)(O)C(F)(F)F)cc1. The maximum Gasteiger partial charge on any atom is 0.421 e. The Bertz CT molecular complexity index is 562. The molecule has 0 radical (unpaired) electrons. The number of piperidine rings is 1. The monoisotopic (exact) mass is 349 g/mol. The minimum atomic E-state index is -4.76. The molecule has 130 valence electrons. The Kier molecular flexibility index (Phi) is 5.23. The highest BCUT2D eigenvalue weighted by Crippen LogP contribution is 2.38. The third kappa shape index (κ3) is 3.61. The largest absolute Gasteiger partial charge is 0.421 e. The van der Waals surface area contributed by atoms with Crippen molar-refractivity contribution in [2.75, 3.05) is 0 Å². The van der Waals surface area contributed by atoms with Crippen LogP contribution in [-0.2, 0) is 16.6 Å². The van der Waals surface area contributed by atoms with Gasteiger partial charge in [0, 0.05) is 12.1 Å². The van der Waals surface area contributed by atoms with Gasteiger partial charge in [0.1, 0.15) is 11.0 Å². The van der Waals surface area contributed by atoms with E-state index in [9.17, 15) is 22.5 Å². The van der Waals surface area contributed by atoms with Crippen LogP contribution in [0.4, 0.5) is 13.2 Å². The molecule has 1 aromatic carbocycles. The average molecular weight is 349 g/mol. The Hall–Kier alpha value is -0.920. The van der Waals surface area contributed by atoms with Gasteiger partial charge in [0.15, 0.2) is 5.60 Å². The van der Waals surface area contributed by atoms with E-state index in [1.54, 1.807) is 0 Å². The van der Waals surface area contributed by atoms with Crippen molar-refractivity contribution in [1.82, 2.24) is 4.31 Å². The van der Waals surface area contributed by atoms with Crippen LogP contribution in [0.15, 0.2) is 29.2 Å². The Labute approximate surface area is 137 Å². The van der Waals surface area contributed by atoms with Crippen molar-refractivity contribution in [1.29, 1.82) is 0 Å². The molecule has 2 rings (SSSR count). The smallest absolute Gasteiger partial charge is 0.376 e. The van der Waals surface area contributed by atoms with Crippen LogP contribution in [0.25, 0.3) is 0 Å². The van der Waals surface area contributed by atoms with Crippen LogP contribution in [0.1, 0.15) is 45.6 Å². The summed E-state index contributed by atoms with van der Waals surface area (Å²) in [5, 5.41) is 9.67. The molecule has 1 aliphatic heterocycles. The van der Waals surface area contributed by atoms with Gasteiger partial charge >= 0.3 is 6.18 Å². The zero-order valence-corrected chi connectivity index (χ0v) is 14.2. The topological polar surface area (TPSA) is 40.5 Å². The highest BCUT2D eigenvalue weighted by atomic mass is 32.2. The highest BCUT2D eigenvalue weighted by Gasteiger charge is 2.51. The Morgan fingerprint density at radius 2 is 1.61 bits per heavy atom. The van der Waals surface area contributed by atoms with Crippen molar-refractivity contribution in [3.8, 4) is 0 Å². The van der Waals surface area contributed by atoms with Crippen LogP contribution in [0, 0.1) is 0 Å². The molecular weight excluding hydrogens is 327 g/mol. The van der Waals surface area contributed by atoms with E-state index in [0.29, 0.717) is 11.8 Å². The highest BCUT2D eigenvalue weighted by molar-refractivity contribution is 7.82. The van der Waals surface area contributed by atoms with Crippen LogP contribution >= 0.6 is 0 Å². The molecule has 1 N–H and O–H groups in total. The van der Waals surface area contributed by atoms with Gasteiger partial charge in [0.2, 0.25) is 0 Å². The molecule has 0 aromatic heterocycles. The van der Waals surface area contributed by atoms with Crippen molar-refractivity contribution in [3.05, 3.63) is 29.8 Å². The number of aliphatic hydroxyl groups is 1. The van der Waals surface area contributed by atoms with E-state index >= 15 is 0 Å². The summed E-state index contributed by atoms with van der Waals surface area (Å²) in [5.41, 5.74) is -3.18. The fraction of sp³-hybridized carbons (Fsp3) is 0.625. The summed E-state index contributed by atoms with van der Waals surface area (Å²) in [5.74, 6) is 0. The standard InChI is InChI=1S/C16H22F3NO2S/c1-11-5-4-6-12(2)20(11)23(22)14-9-7-13(8-10-14)15(3,21)16(17,18)19/h7-12,21H,4-6H2,1-3H3. The number of hydrogen-bond donors (Lipinski definition) is 1. The van der Waals surface area contributed by atoms with Crippen molar-refractivity contribution in [2.45, 2.75) is 68.8 Å². The normalized spacial score (nSPS) is 27.4. The molecule has 4 atom stereocenters. The molecule has 0 spiro atoms. The summed E-state index contributed by atoms with van der Waals surface area (Å²) in [6, 6.07) is 5.52. The summed E-state index contributed by atoms with van der Waals surface area (Å²) >= 11 is 0. The van der Waals surface area contributed by atoms with Crippen LogP contribution in [0.5, 0.6) is 0 Å². The number of alkyl halides is 3. The van der Waals surface area contributed by atoms with E-state index in [-0.39, 0.29) is 17.6 Å². The van der Waals surface area contributed by atoms with Gasteiger partial charge in [-0.25, -0.2) is 8.51 Å². The summed E-state index contributed by atoms with van der Waals surface area (Å²) in [6.45, 7) is 4.74. The zero-order valence-electron chi connectivity index (χ0n) is 13.4. The van der Waals surface area contributed by atoms with Crippen LogP contribution in [0.3, 0.4) is 0 Å². The lowest BCUT2D eigenvalue weighted by Crippen LogP contribution is -2.44. The lowest BCUT2D eigenvalue weighted by atomic mass is 9.96. The van der Waals surface area contributed by atoms with Gasteiger partial charge in [0.05, 0.1) is 4.90 Å². The molecule has 7 heteroatoms. The summed E-state index contributed by atoms with van der Waals surface area (Å²) in [7, 11) is -1.42. The maximum absolute atomic E-state index is 12.9. The van der Waals surface area contributed by atoms with Crippen molar-refractivity contribution >= 4 is 11.0 Å². The Morgan fingerprint density at radius 1 is 1.13 bits per heavy atom. The second kappa shape index (κ2) is 6.53. The Morgan fingerprint density at radius 3 is 2.04 bits per heavy atom. The predicted octanol–water partition coefficient (Wildman–Crippen LogP) is 3.74. The van der Waals surface area contributed by atoms with Gasteiger partial charge in [-0.15, -0.1) is 0 Å². The van der Waals surface area contributed by atoms with Gasteiger partial charge in [-0.05, 0) is 51.3 Å². The first-order valence-electron chi connectivity index (χ1n) is 7.65. The molecule has 1 heterocycles. The molecule has 0 bridgehead atoms. The Balaban J connectivity index is 2.24. The lowest BCUT2D eigenvalue weighted by molar-refractivity contribution is -0.258. The van der Waals surface area contributed by atoms with Crippen LogP contribution in [0.2, 0.25) is 0 Å². The number of rotatable bonds is 3. The average Bonchev–Trinajstić information content (AvgIpc) is 2.46. The van der Waals surface area contributed by atoms with Crippen molar-refractivity contribution in [2.24, 2.45) is 0 Å². The summed E-state index contributed by atoms with van der Waals surface area (Å²) in [6.07, 6.45) is -1.76. The quantitative estimate of drug-likeness (QED) is 0.903. The van der Waals surface area contributed by atoms with E-state index in [4.69, 9.17) is 0 Å². The fourth-order valence-corrected chi connectivity index (χ4v) is 4.38. The van der Waals surface area contributed by atoms with E-state index in [2.05, 4.69) is 0 Å². The molecule has 0 amide bonds. The molecule has 1 aliphatic rings. The van der Waals surface area contributed by atoms with E-state index in [1.807, 2.05) is 18.2 Å². The summed E-state index contributed by atoms with van der Waals surface area (Å²) < 4.78 is 53.2. The van der Waals surface area contributed by atoms with Crippen LogP contribution in [-0.4, -0.2) is 31.9 Å². The molecule has 23 heavy (non-hydrogen) atoms. The van der Waals surface area contributed by atoms with Gasteiger partial charge in [-0.3, -0.25) is 0 Å². The lowest BCUT2D eigenvalue weighted by Gasteiger charge is -2.37. The van der Waals surface area contributed by atoms with Gasteiger partial charge < -0.3 is 5.11 Å². The van der Waals surface area contributed by atoms with E-state index in [1.165, 1.54) is 24.3 Å². The van der Waals surface area contributed by atoms with Gasteiger partial charge in [0.25, 0.3) is 0 Å². The second-order valence-corrected chi connectivity index (χ2v) is 7.72. The summed E-state index contributed by atoms with van der Waals surface area (Å²) in [4.78, 5) is 0.451. The molecule has 1 aromatic rings. The molecule has 0 aliphatic carbocycles. The number of hydrogen-bond acceptors (Lipinski definition) is 2.